The van der Waals surface area contributed by atoms with Crippen LogP contribution in [0.3, 0.4) is 0 Å². The first kappa shape index (κ1) is 9.33. The van der Waals surface area contributed by atoms with E-state index in [1.807, 2.05) is 0 Å². The Morgan fingerprint density at radius 3 is 2.86 bits per heavy atom. The summed E-state index contributed by atoms with van der Waals surface area (Å²) in [5, 5.41) is 6.10. The van der Waals surface area contributed by atoms with Gasteiger partial charge >= 0.3 is 0 Å². The summed E-state index contributed by atoms with van der Waals surface area (Å²) in [5.41, 5.74) is 0. The number of hydrogen-bond donors (Lipinski definition) is 2. The van der Waals surface area contributed by atoms with E-state index in [1.54, 1.807) is 18.5 Å². The Balaban J connectivity index is 1.91. The molecule has 0 radical (unpaired) electrons. The molecule has 0 aromatic carbocycles. The van der Waals surface area contributed by atoms with Crippen molar-refractivity contribution in [2.45, 2.75) is 18.6 Å². The SMILES string of the molecule is F[C@@H]1CNC[C@@H](Nc2ncccn2)C1. The zero-order chi connectivity index (χ0) is 9.80. The lowest BCUT2D eigenvalue weighted by Gasteiger charge is -2.26. The van der Waals surface area contributed by atoms with Crippen LogP contribution in [0.4, 0.5) is 10.3 Å². The first-order valence-electron chi connectivity index (χ1n) is 4.73. The maximum absolute atomic E-state index is 13.0. The van der Waals surface area contributed by atoms with Crippen molar-refractivity contribution in [2.24, 2.45) is 0 Å². The van der Waals surface area contributed by atoms with Crippen molar-refractivity contribution in [3.63, 3.8) is 0 Å². The average Bonchev–Trinajstić information content (AvgIpc) is 2.19. The fourth-order valence-electron chi connectivity index (χ4n) is 1.56. The second-order valence-electron chi connectivity index (χ2n) is 3.40. The van der Waals surface area contributed by atoms with Gasteiger partial charge in [0.2, 0.25) is 5.95 Å². The summed E-state index contributed by atoms with van der Waals surface area (Å²) in [6.45, 7) is 1.21. The molecule has 2 rings (SSSR count). The molecule has 1 aromatic rings. The van der Waals surface area contributed by atoms with E-state index in [0.29, 0.717) is 18.9 Å². The van der Waals surface area contributed by atoms with Gasteiger partial charge < -0.3 is 10.6 Å². The largest absolute Gasteiger partial charge is 0.350 e. The molecule has 1 aromatic heterocycles. The van der Waals surface area contributed by atoms with Crippen molar-refractivity contribution in [1.82, 2.24) is 15.3 Å². The molecular weight excluding hydrogens is 183 g/mol. The van der Waals surface area contributed by atoms with E-state index in [-0.39, 0.29) is 6.04 Å². The second-order valence-corrected chi connectivity index (χ2v) is 3.40. The van der Waals surface area contributed by atoms with Gasteiger partial charge in [-0.25, -0.2) is 14.4 Å². The van der Waals surface area contributed by atoms with Crippen LogP contribution in [0.1, 0.15) is 6.42 Å². The van der Waals surface area contributed by atoms with Crippen LogP contribution in [0, 0.1) is 0 Å². The highest BCUT2D eigenvalue weighted by Crippen LogP contribution is 2.10. The van der Waals surface area contributed by atoms with Crippen LogP contribution in [0.25, 0.3) is 0 Å². The van der Waals surface area contributed by atoms with Crippen LogP contribution in [0.2, 0.25) is 0 Å². The van der Waals surface area contributed by atoms with Crippen molar-refractivity contribution in [3.05, 3.63) is 18.5 Å². The summed E-state index contributed by atoms with van der Waals surface area (Å²) in [6.07, 6.45) is 3.08. The van der Waals surface area contributed by atoms with E-state index < -0.39 is 6.17 Å². The third kappa shape index (κ3) is 2.38. The van der Waals surface area contributed by atoms with Gasteiger partial charge in [-0.15, -0.1) is 0 Å². The molecule has 1 saturated heterocycles. The number of hydrogen-bond acceptors (Lipinski definition) is 4. The maximum Gasteiger partial charge on any atom is 0.222 e. The summed E-state index contributed by atoms with van der Waals surface area (Å²) in [4.78, 5) is 8.05. The quantitative estimate of drug-likeness (QED) is 0.726. The van der Waals surface area contributed by atoms with Crippen molar-refractivity contribution < 1.29 is 4.39 Å². The minimum absolute atomic E-state index is 0.0844. The molecular formula is C9H13FN4. The highest BCUT2D eigenvalue weighted by molar-refractivity contribution is 5.24. The molecule has 1 aliphatic rings. The van der Waals surface area contributed by atoms with E-state index in [2.05, 4.69) is 20.6 Å². The van der Waals surface area contributed by atoms with Gasteiger partial charge in [-0.3, -0.25) is 0 Å². The normalized spacial score (nSPS) is 27.2. The third-order valence-corrected chi connectivity index (χ3v) is 2.20. The van der Waals surface area contributed by atoms with E-state index in [0.717, 1.165) is 6.54 Å². The van der Waals surface area contributed by atoms with Crippen molar-refractivity contribution in [1.29, 1.82) is 0 Å². The molecule has 76 valence electrons. The van der Waals surface area contributed by atoms with Crippen LogP contribution in [-0.4, -0.2) is 35.3 Å². The second kappa shape index (κ2) is 4.32. The standard InChI is InChI=1S/C9H13FN4/c10-7-4-8(6-11-5-7)14-9-12-2-1-3-13-9/h1-3,7-8,11H,4-6H2,(H,12,13,14)/t7-,8-/m0/s1. The lowest BCUT2D eigenvalue weighted by molar-refractivity contribution is 0.254. The molecule has 0 aliphatic carbocycles. The molecule has 0 saturated carbocycles. The first-order valence-corrected chi connectivity index (χ1v) is 4.73. The summed E-state index contributed by atoms with van der Waals surface area (Å²) in [5.74, 6) is 0.563. The Labute approximate surface area is 82.0 Å². The minimum Gasteiger partial charge on any atom is -0.350 e. The highest BCUT2D eigenvalue weighted by atomic mass is 19.1. The van der Waals surface area contributed by atoms with Gasteiger partial charge in [-0.1, -0.05) is 0 Å². The summed E-state index contributed by atoms with van der Waals surface area (Å²) < 4.78 is 13.0. The Hall–Kier alpha value is -1.23. The Bertz CT molecular complexity index is 279. The number of halogens is 1. The zero-order valence-corrected chi connectivity index (χ0v) is 7.78. The molecule has 0 unspecified atom stereocenters. The van der Waals surface area contributed by atoms with Gasteiger partial charge in [0.25, 0.3) is 0 Å². The van der Waals surface area contributed by atoms with Crippen molar-refractivity contribution in [2.75, 3.05) is 18.4 Å². The smallest absolute Gasteiger partial charge is 0.222 e. The molecule has 0 bridgehead atoms. The molecule has 4 nitrogen and oxygen atoms in total. The number of anilines is 1. The van der Waals surface area contributed by atoms with Gasteiger partial charge in [0.15, 0.2) is 0 Å². The fraction of sp³-hybridized carbons (Fsp3) is 0.556. The molecule has 1 aliphatic heterocycles. The molecule has 2 heterocycles. The monoisotopic (exact) mass is 196 g/mol. The van der Waals surface area contributed by atoms with Crippen LogP contribution in [-0.2, 0) is 0 Å². The predicted octanol–water partition coefficient (Wildman–Crippen LogP) is 0.588. The third-order valence-electron chi connectivity index (χ3n) is 2.20. The summed E-state index contributed by atoms with van der Waals surface area (Å²) in [7, 11) is 0. The van der Waals surface area contributed by atoms with Crippen LogP contribution in [0.5, 0.6) is 0 Å². The highest BCUT2D eigenvalue weighted by Gasteiger charge is 2.21. The van der Waals surface area contributed by atoms with Crippen LogP contribution < -0.4 is 10.6 Å². The van der Waals surface area contributed by atoms with Crippen molar-refractivity contribution in [3.8, 4) is 0 Å². The Kier molecular flexibility index (Phi) is 2.88. The molecule has 5 heteroatoms. The Morgan fingerprint density at radius 2 is 2.14 bits per heavy atom. The summed E-state index contributed by atoms with van der Waals surface area (Å²) in [6, 6.07) is 1.84. The van der Waals surface area contributed by atoms with Crippen LogP contribution >= 0.6 is 0 Å². The van der Waals surface area contributed by atoms with E-state index >= 15 is 0 Å². The van der Waals surface area contributed by atoms with E-state index in [4.69, 9.17) is 0 Å². The zero-order valence-electron chi connectivity index (χ0n) is 7.78. The molecule has 2 N–H and O–H groups in total. The van der Waals surface area contributed by atoms with Gasteiger partial charge in [-0.2, -0.15) is 0 Å². The van der Waals surface area contributed by atoms with Gasteiger partial charge in [0, 0.05) is 37.9 Å². The maximum atomic E-state index is 13.0. The molecule has 1 fully saturated rings. The lowest BCUT2D eigenvalue weighted by atomic mass is 10.1. The lowest BCUT2D eigenvalue weighted by Crippen LogP contribution is -2.44. The number of piperidine rings is 1. The number of nitrogens with zero attached hydrogens (tertiary/aromatic N) is 2. The van der Waals surface area contributed by atoms with Gasteiger partial charge in [0.05, 0.1) is 0 Å². The Morgan fingerprint density at radius 1 is 1.36 bits per heavy atom. The fourth-order valence-corrected chi connectivity index (χ4v) is 1.56. The van der Waals surface area contributed by atoms with Crippen LogP contribution in [0.15, 0.2) is 18.5 Å². The predicted molar refractivity (Wildman–Crippen MR) is 51.8 cm³/mol. The van der Waals surface area contributed by atoms with Gasteiger partial charge in [0.1, 0.15) is 6.17 Å². The minimum atomic E-state index is -0.773. The first-order chi connectivity index (χ1) is 6.84. The molecule has 0 amide bonds. The van der Waals surface area contributed by atoms with E-state index in [9.17, 15) is 4.39 Å². The number of nitrogens with one attached hydrogen (secondary N) is 2. The number of rotatable bonds is 2. The molecule has 2 atom stereocenters. The summed E-state index contributed by atoms with van der Waals surface area (Å²) >= 11 is 0. The van der Waals surface area contributed by atoms with Crippen molar-refractivity contribution >= 4 is 5.95 Å². The average molecular weight is 196 g/mol. The van der Waals surface area contributed by atoms with Gasteiger partial charge in [-0.05, 0) is 6.07 Å². The van der Waals surface area contributed by atoms with E-state index in [1.165, 1.54) is 0 Å². The molecule has 14 heavy (non-hydrogen) atoms. The topological polar surface area (TPSA) is 49.8 Å². The molecule has 0 spiro atoms. The number of aromatic nitrogens is 2. The number of alkyl halides is 1.